The Balaban J connectivity index is 2.61. The second-order valence-corrected chi connectivity index (χ2v) is 6.81. The summed E-state index contributed by atoms with van der Waals surface area (Å²) in [5.74, 6) is 0. The van der Waals surface area contributed by atoms with Crippen LogP contribution in [-0.2, 0) is 4.74 Å². The van der Waals surface area contributed by atoms with E-state index >= 15 is 0 Å². The highest BCUT2D eigenvalue weighted by molar-refractivity contribution is 9.10. The Hall–Kier alpha value is -1.11. The lowest BCUT2D eigenvalue weighted by Crippen LogP contribution is -2.39. The number of hydrogen-bond acceptors (Lipinski definition) is 4. The van der Waals surface area contributed by atoms with Crippen molar-refractivity contribution in [2.24, 2.45) is 0 Å². The standard InChI is InChI=1S/C15H22BrNO4/c1-9-5-6-10(16)7-11(9)13(19)12(18)8-17-14(20)21-15(2,3)4/h5-7,12-13,18-19H,8H2,1-4H3,(H,17,20). The van der Waals surface area contributed by atoms with Gasteiger partial charge in [0.15, 0.2) is 0 Å². The lowest BCUT2D eigenvalue weighted by Gasteiger charge is -2.23. The van der Waals surface area contributed by atoms with Crippen molar-refractivity contribution in [2.75, 3.05) is 6.54 Å². The first kappa shape index (κ1) is 17.9. The van der Waals surface area contributed by atoms with Crippen LogP contribution in [0, 0.1) is 6.92 Å². The van der Waals surface area contributed by atoms with Crippen molar-refractivity contribution in [2.45, 2.75) is 45.5 Å². The molecule has 3 N–H and O–H groups in total. The normalized spacial score (nSPS) is 14.4. The molecule has 1 aromatic carbocycles. The molecule has 0 saturated carbocycles. The van der Waals surface area contributed by atoms with Crippen LogP contribution in [0.5, 0.6) is 0 Å². The van der Waals surface area contributed by atoms with Crippen LogP contribution in [0.3, 0.4) is 0 Å². The Bertz CT molecular complexity index is 499. The maximum Gasteiger partial charge on any atom is 0.407 e. The zero-order chi connectivity index (χ0) is 16.2. The maximum atomic E-state index is 11.5. The molecule has 0 radical (unpaired) electrons. The summed E-state index contributed by atoms with van der Waals surface area (Å²) in [6, 6.07) is 5.45. The average molecular weight is 360 g/mol. The lowest BCUT2D eigenvalue weighted by molar-refractivity contribution is 0.0126. The van der Waals surface area contributed by atoms with Crippen molar-refractivity contribution in [3.63, 3.8) is 0 Å². The molecule has 1 aromatic rings. The number of aryl methyl sites for hydroxylation is 1. The third kappa shape index (κ3) is 6.03. The van der Waals surface area contributed by atoms with Gasteiger partial charge in [0.1, 0.15) is 17.8 Å². The van der Waals surface area contributed by atoms with Crippen LogP contribution in [0.1, 0.15) is 38.0 Å². The van der Waals surface area contributed by atoms with E-state index in [9.17, 15) is 15.0 Å². The predicted molar refractivity (Wildman–Crippen MR) is 84.1 cm³/mol. The number of aliphatic hydroxyl groups is 2. The molecule has 0 fully saturated rings. The summed E-state index contributed by atoms with van der Waals surface area (Å²) in [4.78, 5) is 11.5. The highest BCUT2D eigenvalue weighted by Crippen LogP contribution is 2.24. The zero-order valence-corrected chi connectivity index (χ0v) is 14.3. The van der Waals surface area contributed by atoms with E-state index in [1.165, 1.54) is 0 Å². The molecule has 118 valence electrons. The van der Waals surface area contributed by atoms with Crippen molar-refractivity contribution >= 4 is 22.0 Å². The Labute approximate surface area is 133 Å². The van der Waals surface area contributed by atoms with Crippen molar-refractivity contribution in [3.05, 3.63) is 33.8 Å². The van der Waals surface area contributed by atoms with E-state index in [1.54, 1.807) is 26.8 Å². The number of benzene rings is 1. The number of carbonyl (C=O) groups excluding carboxylic acids is 1. The lowest BCUT2D eigenvalue weighted by atomic mass is 9.99. The molecule has 6 heteroatoms. The van der Waals surface area contributed by atoms with Crippen LogP contribution in [-0.4, -0.2) is 34.6 Å². The van der Waals surface area contributed by atoms with Gasteiger partial charge in [0.2, 0.25) is 0 Å². The number of alkyl carbamates (subject to hydrolysis) is 1. The number of amides is 1. The summed E-state index contributed by atoms with van der Waals surface area (Å²) in [6.45, 7) is 7.01. The van der Waals surface area contributed by atoms with Crippen LogP contribution in [0.2, 0.25) is 0 Å². The van der Waals surface area contributed by atoms with Gasteiger partial charge in [-0.3, -0.25) is 0 Å². The van der Waals surface area contributed by atoms with E-state index in [0.29, 0.717) is 5.56 Å². The fourth-order valence-corrected chi connectivity index (χ4v) is 2.13. The van der Waals surface area contributed by atoms with Crippen LogP contribution >= 0.6 is 15.9 Å². The van der Waals surface area contributed by atoms with Gasteiger partial charge in [-0.15, -0.1) is 0 Å². The number of nitrogens with one attached hydrogen (secondary N) is 1. The van der Waals surface area contributed by atoms with Crippen LogP contribution in [0.15, 0.2) is 22.7 Å². The number of rotatable bonds is 4. The monoisotopic (exact) mass is 359 g/mol. The van der Waals surface area contributed by atoms with Crippen molar-refractivity contribution in [1.29, 1.82) is 0 Å². The van der Waals surface area contributed by atoms with Crippen molar-refractivity contribution in [1.82, 2.24) is 5.32 Å². The minimum absolute atomic E-state index is 0.0952. The Kier molecular flexibility index (Phi) is 6.19. The third-order valence-corrected chi connectivity index (χ3v) is 3.27. The average Bonchev–Trinajstić information content (AvgIpc) is 2.36. The largest absolute Gasteiger partial charge is 0.444 e. The van der Waals surface area contributed by atoms with Gasteiger partial charge in [0, 0.05) is 11.0 Å². The second-order valence-electron chi connectivity index (χ2n) is 5.90. The van der Waals surface area contributed by atoms with Gasteiger partial charge in [-0.2, -0.15) is 0 Å². The summed E-state index contributed by atoms with van der Waals surface area (Å²) >= 11 is 3.33. The van der Waals surface area contributed by atoms with Gasteiger partial charge < -0.3 is 20.3 Å². The van der Waals surface area contributed by atoms with E-state index in [-0.39, 0.29) is 6.54 Å². The third-order valence-electron chi connectivity index (χ3n) is 2.78. The van der Waals surface area contributed by atoms with Gasteiger partial charge in [-0.1, -0.05) is 22.0 Å². The smallest absolute Gasteiger partial charge is 0.407 e. The highest BCUT2D eigenvalue weighted by atomic mass is 79.9. The molecular formula is C15H22BrNO4. The van der Waals surface area contributed by atoms with Crippen molar-refractivity contribution in [3.8, 4) is 0 Å². The SMILES string of the molecule is Cc1ccc(Br)cc1C(O)C(O)CNC(=O)OC(C)(C)C. The fourth-order valence-electron chi connectivity index (χ4n) is 1.75. The Morgan fingerprint density at radius 1 is 1.38 bits per heavy atom. The molecule has 1 rings (SSSR count). The Morgan fingerprint density at radius 3 is 2.57 bits per heavy atom. The van der Waals surface area contributed by atoms with Gasteiger partial charge in [-0.05, 0) is 51.0 Å². The molecule has 0 heterocycles. The Morgan fingerprint density at radius 2 is 2.00 bits per heavy atom. The number of carbonyl (C=O) groups is 1. The van der Waals surface area contributed by atoms with E-state index in [2.05, 4.69) is 21.2 Å². The van der Waals surface area contributed by atoms with Crippen LogP contribution < -0.4 is 5.32 Å². The molecule has 0 bridgehead atoms. The molecule has 0 aliphatic rings. The number of halogens is 1. The quantitative estimate of drug-likeness (QED) is 0.772. The van der Waals surface area contributed by atoms with Gasteiger partial charge in [0.05, 0.1) is 0 Å². The summed E-state index contributed by atoms with van der Waals surface area (Å²) in [5, 5.41) is 22.6. The molecule has 0 saturated heterocycles. The molecule has 0 aliphatic carbocycles. The van der Waals surface area contributed by atoms with E-state index in [0.717, 1.165) is 10.0 Å². The molecule has 0 aromatic heterocycles. The highest BCUT2D eigenvalue weighted by Gasteiger charge is 2.22. The first-order chi connectivity index (χ1) is 9.60. The summed E-state index contributed by atoms with van der Waals surface area (Å²) in [7, 11) is 0. The predicted octanol–water partition coefficient (Wildman–Crippen LogP) is 2.68. The molecule has 5 nitrogen and oxygen atoms in total. The summed E-state index contributed by atoms with van der Waals surface area (Å²) in [5.41, 5.74) is 0.874. The molecule has 21 heavy (non-hydrogen) atoms. The zero-order valence-electron chi connectivity index (χ0n) is 12.7. The minimum atomic E-state index is -1.12. The summed E-state index contributed by atoms with van der Waals surface area (Å²) < 4.78 is 5.88. The molecule has 2 atom stereocenters. The van der Waals surface area contributed by atoms with Gasteiger partial charge in [-0.25, -0.2) is 4.79 Å². The first-order valence-corrected chi connectivity index (χ1v) is 7.48. The second kappa shape index (κ2) is 7.24. The molecule has 2 unspecified atom stereocenters. The number of aliphatic hydroxyl groups excluding tert-OH is 2. The van der Waals surface area contributed by atoms with Crippen LogP contribution in [0.25, 0.3) is 0 Å². The van der Waals surface area contributed by atoms with Gasteiger partial charge in [0.25, 0.3) is 0 Å². The molecule has 0 aliphatic heterocycles. The van der Waals surface area contributed by atoms with E-state index in [4.69, 9.17) is 4.74 Å². The number of ether oxygens (including phenoxy) is 1. The number of hydrogen-bond donors (Lipinski definition) is 3. The van der Waals surface area contributed by atoms with E-state index in [1.807, 2.05) is 19.1 Å². The van der Waals surface area contributed by atoms with E-state index < -0.39 is 23.9 Å². The van der Waals surface area contributed by atoms with Gasteiger partial charge >= 0.3 is 6.09 Å². The fraction of sp³-hybridized carbons (Fsp3) is 0.533. The first-order valence-electron chi connectivity index (χ1n) is 6.69. The topological polar surface area (TPSA) is 78.8 Å². The molecular weight excluding hydrogens is 338 g/mol. The van der Waals surface area contributed by atoms with Crippen molar-refractivity contribution < 1.29 is 19.7 Å². The maximum absolute atomic E-state index is 11.5. The molecule has 1 amide bonds. The van der Waals surface area contributed by atoms with Crippen LogP contribution in [0.4, 0.5) is 4.79 Å². The molecule has 0 spiro atoms. The minimum Gasteiger partial charge on any atom is -0.444 e. The summed E-state index contributed by atoms with van der Waals surface area (Å²) in [6.07, 6.45) is -2.83.